The van der Waals surface area contributed by atoms with Crippen molar-refractivity contribution in [3.05, 3.63) is 0 Å². The fourth-order valence-electron chi connectivity index (χ4n) is 1.98. The van der Waals surface area contributed by atoms with E-state index in [4.69, 9.17) is 10.5 Å². The molecule has 1 aliphatic heterocycles. The Morgan fingerprint density at radius 2 is 1.89 bits per heavy atom. The molecule has 1 rings (SSSR count). The molecule has 1 saturated heterocycles. The molecule has 0 aromatic heterocycles. The molecule has 104 valence electrons. The van der Waals surface area contributed by atoms with Crippen LogP contribution in [-0.4, -0.2) is 60.1 Å². The maximum atomic E-state index is 12.0. The van der Waals surface area contributed by atoms with Crippen LogP contribution < -0.4 is 5.73 Å². The van der Waals surface area contributed by atoms with E-state index in [0.717, 1.165) is 0 Å². The largest absolute Gasteiger partial charge is 0.444 e. The average molecular weight is 257 g/mol. The Morgan fingerprint density at radius 3 is 2.28 bits per heavy atom. The standard InChI is InChI=1S/C12H23N3O3/c1-12(2,3)18-11(17)15-7-8(14(4)5)6-9(15)10(13)16/h8-9H,6-7H2,1-5H3,(H2,13,16)/t8-,9-/m0/s1. The molecule has 0 bridgehead atoms. The molecular weight excluding hydrogens is 234 g/mol. The number of ether oxygens (including phenoxy) is 1. The number of hydrogen-bond acceptors (Lipinski definition) is 4. The third kappa shape index (κ3) is 3.60. The first kappa shape index (κ1) is 14.8. The minimum Gasteiger partial charge on any atom is -0.444 e. The molecule has 2 atom stereocenters. The van der Waals surface area contributed by atoms with Crippen molar-refractivity contribution in [3.8, 4) is 0 Å². The molecule has 1 aliphatic rings. The zero-order valence-electron chi connectivity index (χ0n) is 11.8. The predicted molar refractivity (Wildman–Crippen MR) is 68.0 cm³/mol. The molecule has 2 N–H and O–H groups in total. The van der Waals surface area contributed by atoms with E-state index in [9.17, 15) is 9.59 Å². The Bertz CT molecular complexity index is 336. The second kappa shape index (κ2) is 5.14. The summed E-state index contributed by atoms with van der Waals surface area (Å²) in [5.74, 6) is -0.481. The van der Waals surface area contributed by atoms with Crippen LogP contribution >= 0.6 is 0 Å². The van der Waals surface area contributed by atoms with Gasteiger partial charge >= 0.3 is 6.09 Å². The lowest BCUT2D eigenvalue weighted by atomic mass is 10.1. The molecule has 0 radical (unpaired) electrons. The van der Waals surface area contributed by atoms with Crippen LogP contribution in [0.1, 0.15) is 27.2 Å². The summed E-state index contributed by atoms with van der Waals surface area (Å²) < 4.78 is 5.29. The van der Waals surface area contributed by atoms with Crippen LogP contribution in [0.25, 0.3) is 0 Å². The van der Waals surface area contributed by atoms with E-state index in [1.165, 1.54) is 4.90 Å². The Morgan fingerprint density at radius 1 is 1.33 bits per heavy atom. The molecule has 2 amide bonds. The number of carbonyl (C=O) groups excluding carboxylic acids is 2. The van der Waals surface area contributed by atoms with Crippen LogP contribution in [0.4, 0.5) is 4.79 Å². The van der Waals surface area contributed by atoms with Gasteiger partial charge in [-0.05, 0) is 41.3 Å². The minimum atomic E-state index is -0.577. The van der Waals surface area contributed by atoms with Crippen molar-refractivity contribution < 1.29 is 14.3 Å². The molecule has 1 fully saturated rings. The van der Waals surface area contributed by atoms with Crippen LogP contribution in [0.2, 0.25) is 0 Å². The summed E-state index contributed by atoms with van der Waals surface area (Å²) in [5.41, 5.74) is 4.77. The number of hydrogen-bond donors (Lipinski definition) is 1. The van der Waals surface area contributed by atoms with E-state index in [1.54, 1.807) is 20.8 Å². The highest BCUT2D eigenvalue weighted by molar-refractivity contribution is 5.85. The van der Waals surface area contributed by atoms with Crippen LogP contribution in [0.5, 0.6) is 0 Å². The molecule has 0 aromatic rings. The van der Waals surface area contributed by atoms with Gasteiger partial charge in [0.25, 0.3) is 0 Å². The van der Waals surface area contributed by atoms with E-state index >= 15 is 0 Å². The smallest absolute Gasteiger partial charge is 0.411 e. The maximum absolute atomic E-state index is 12.0. The molecule has 18 heavy (non-hydrogen) atoms. The van der Waals surface area contributed by atoms with Crippen molar-refractivity contribution in [2.45, 2.75) is 44.9 Å². The van der Waals surface area contributed by atoms with Crippen molar-refractivity contribution in [1.82, 2.24) is 9.80 Å². The molecule has 0 saturated carbocycles. The van der Waals surface area contributed by atoms with E-state index < -0.39 is 23.6 Å². The highest BCUT2D eigenvalue weighted by atomic mass is 16.6. The third-order valence-corrected chi connectivity index (χ3v) is 2.97. The molecule has 6 heteroatoms. The van der Waals surface area contributed by atoms with Crippen molar-refractivity contribution in [3.63, 3.8) is 0 Å². The highest BCUT2D eigenvalue weighted by Gasteiger charge is 2.41. The van der Waals surface area contributed by atoms with Gasteiger partial charge in [-0.25, -0.2) is 4.79 Å². The second-order valence-electron chi connectivity index (χ2n) is 5.90. The number of nitrogens with zero attached hydrogens (tertiary/aromatic N) is 2. The van der Waals surface area contributed by atoms with E-state index in [0.29, 0.717) is 13.0 Å². The quantitative estimate of drug-likeness (QED) is 0.777. The van der Waals surface area contributed by atoms with Gasteiger partial charge in [-0.3, -0.25) is 9.69 Å². The molecule has 0 aliphatic carbocycles. The van der Waals surface area contributed by atoms with Crippen LogP contribution in [-0.2, 0) is 9.53 Å². The van der Waals surface area contributed by atoms with Gasteiger partial charge in [0, 0.05) is 12.6 Å². The lowest BCUT2D eigenvalue weighted by Crippen LogP contribution is -2.46. The molecule has 1 heterocycles. The molecule has 6 nitrogen and oxygen atoms in total. The first-order chi connectivity index (χ1) is 8.11. The maximum Gasteiger partial charge on any atom is 0.411 e. The van der Waals surface area contributed by atoms with Crippen molar-refractivity contribution >= 4 is 12.0 Å². The number of carbonyl (C=O) groups is 2. The number of amides is 2. The summed E-state index contributed by atoms with van der Waals surface area (Å²) in [5, 5.41) is 0. The van der Waals surface area contributed by atoms with Gasteiger partial charge in [-0.2, -0.15) is 0 Å². The van der Waals surface area contributed by atoms with Gasteiger partial charge in [0.2, 0.25) is 5.91 Å². The number of primary amides is 1. The first-order valence-electron chi connectivity index (χ1n) is 6.07. The van der Waals surface area contributed by atoms with Crippen LogP contribution in [0.3, 0.4) is 0 Å². The molecule has 0 spiro atoms. The zero-order valence-corrected chi connectivity index (χ0v) is 11.8. The number of rotatable bonds is 2. The van der Waals surface area contributed by atoms with Crippen LogP contribution in [0, 0.1) is 0 Å². The van der Waals surface area contributed by atoms with Gasteiger partial charge < -0.3 is 15.4 Å². The molecule has 0 unspecified atom stereocenters. The monoisotopic (exact) mass is 257 g/mol. The third-order valence-electron chi connectivity index (χ3n) is 2.97. The number of likely N-dealkylation sites (tertiary alicyclic amines) is 1. The predicted octanol–water partition coefficient (Wildman–Crippen LogP) is 0.411. The van der Waals surface area contributed by atoms with Crippen molar-refractivity contribution in [2.24, 2.45) is 5.73 Å². The number of nitrogens with two attached hydrogens (primary N) is 1. The normalized spacial score (nSPS) is 24.4. The van der Waals surface area contributed by atoms with Gasteiger partial charge in [0.1, 0.15) is 11.6 Å². The topological polar surface area (TPSA) is 75.9 Å². The SMILES string of the molecule is CN(C)[C@H]1C[C@@H](C(N)=O)N(C(=O)OC(C)(C)C)C1. The second-order valence-corrected chi connectivity index (χ2v) is 5.90. The van der Waals surface area contributed by atoms with Gasteiger partial charge in [-0.1, -0.05) is 0 Å². The lowest BCUT2D eigenvalue weighted by Gasteiger charge is -2.27. The van der Waals surface area contributed by atoms with E-state index in [-0.39, 0.29) is 6.04 Å². The summed E-state index contributed by atoms with van der Waals surface area (Å²) in [6.07, 6.45) is 0.0809. The van der Waals surface area contributed by atoms with Crippen LogP contribution in [0.15, 0.2) is 0 Å². The Kier molecular flexibility index (Phi) is 4.21. The molecular formula is C12H23N3O3. The summed E-state index contributed by atoms with van der Waals surface area (Å²) in [7, 11) is 3.84. The van der Waals surface area contributed by atoms with E-state index in [2.05, 4.69) is 0 Å². The zero-order chi connectivity index (χ0) is 14.1. The summed E-state index contributed by atoms with van der Waals surface area (Å²) in [4.78, 5) is 26.8. The van der Waals surface area contributed by atoms with Crippen molar-refractivity contribution in [1.29, 1.82) is 0 Å². The Hall–Kier alpha value is -1.30. The highest BCUT2D eigenvalue weighted by Crippen LogP contribution is 2.23. The van der Waals surface area contributed by atoms with Gasteiger partial charge in [-0.15, -0.1) is 0 Å². The number of likely N-dealkylation sites (N-methyl/N-ethyl adjacent to an activating group) is 1. The van der Waals surface area contributed by atoms with E-state index in [1.807, 2.05) is 19.0 Å². The lowest BCUT2D eigenvalue weighted by molar-refractivity contribution is -0.122. The Labute approximate surface area is 108 Å². The van der Waals surface area contributed by atoms with Gasteiger partial charge in [0.05, 0.1) is 0 Å². The minimum absolute atomic E-state index is 0.134. The molecule has 0 aromatic carbocycles. The first-order valence-corrected chi connectivity index (χ1v) is 6.07. The summed E-state index contributed by atoms with van der Waals surface area (Å²) in [6.45, 7) is 5.85. The van der Waals surface area contributed by atoms with Gasteiger partial charge in [0.15, 0.2) is 0 Å². The van der Waals surface area contributed by atoms with Crippen molar-refractivity contribution in [2.75, 3.05) is 20.6 Å². The Balaban J connectivity index is 2.78. The fourth-order valence-corrected chi connectivity index (χ4v) is 1.98. The summed E-state index contributed by atoms with van der Waals surface area (Å²) >= 11 is 0. The fraction of sp³-hybridized carbons (Fsp3) is 0.833. The summed E-state index contributed by atoms with van der Waals surface area (Å²) in [6, 6.07) is -0.442. The average Bonchev–Trinajstić information content (AvgIpc) is 2.58.